The summed E-state index contributed by atoms with van der Waals surface area (Å²) in [5.74, 6) is -0.336. The number of carbonyl (C=O) groups is 1. The average molecular weight is 379 g/mol. The molecule has 3 rings (SSSR count). The second-order valence-corrected chi connectivity index (χ2v) is 7.75. The molecule has 1 N–H and O–H groups in total. The van der Waals surface area contributed by atoms with Crippen molar-refractivity contribution in [3.63, 3.8) is 0 Å². The number of hydrogen-bond acceptors (Lipinski definition) is 8. The molecule has 0 aromatic carbocycles. The number of carbonyl (C=O) groups excluding carboxylic acids is 1. The summed E-state index contributed by atoms with van der Waals surface area (Å²) in [5.41, 5.74) is 0. The van der Waals surface area contributed by atoms with Gasteiger partial charge in [-0.15, -0.1) is 10.2 Å². The molecular formula is C15H17N5O3S2. The monoisotopic (exact) mass is 379 g/mol. The van der Waals surface area contributed by atoms with Gasteiger partial charge in [0.05, 0.1) is 11.5 Å². The second-order valence-electron chi connectivity index (χ2n) is 5.59. The van der Waals surface area contributed by atoms with Gasteiger partial charge in [-0.1, -0.05) is 29.1 Å². The van der Waals surface area contributed by atoms with Crippen molar-refractivity contribution in [3.8, 4) is 0 Å². The summed E-state index contributed by atoms with van der Waals surface area (Å²) < 4.78 is 0. The van der Waals surface area contributed by atoms with Gasteiger partial charge < -0.3 is 0 Å². The summed E-state index contributed by atoms with van der Waals surface area (Å²) >= 11 is 2.38. The van der Waals surface area contributed by atoms with E-state index in [9.17, 15) is 14.9 Å². The molecule has 1 amide bonds. The Morgan fingerprint density at radius 3 is 2.80 bits per heavy atom. The fraction of sp³-hybridized carbons (Fsp3) is 0.400. The third-order valence-corrected chi connectivity index (χ3v) is 5.52. The molecule has 1 aliphatic heterocycles. The predicted octanol–water partition coefficient (Wildman–Crippen LogP) is 3.15. The van der Waals surface area contributed by atoms with Crippen molar-refractivity contribution in [1.29, 1.82) is 0 Å². The molecule has 132 valence electrons. The summed E-state index contributed by atoms with van der Waals surface area (Å²) in [5, 5.41) is 22.8. The number of nitrogens with zero attached hydrogens (tertiary/aromatic N) is 4. The Morgan fingerprint density at radius 1 is 1.28 bits per heavy atom. The minimum atomic E-state index is -0.451. The molecule has 0 aliphatic carbocycles. The highest BCUT2D eigenvalue weighted by molar-refractivity contribution is 7.16. The molecule has 0 spiro atoms. The number of nitrogens with one attached hydrogen (secondary N) is 1. The van der Waals surface area contributed by atoms with Gasteiger partial charge in [-0.3, -0.25) is 25.1 Å². The maximum absolute atomic E-state index is 11.9. The zero-order valence-electron chi connectivity index (χ0n) is 13.4. The number of hydrogen-bond donors (Lipinski definition) is 1. The highest BCUT2D eigenvalue weighted by Gasteiger charge is 2.14. The number of nitro groups is 1. The zero-order valence-corrected chi connectivity index (χ0v) is 15.0. The van der Waals surface area contributed by atoms with Crippen LogP contribution in [0.25, 0.3) is 6.08 Å². The molecule has 1 saturated heterocycles. The lowest BCUT2D eigenvalue weighted by atomic mass is 10.1. The molecule has 0 radical (unpaired) electrons. The molecule has 1 fully saturated rings. The van der Waals surface area contributed by atoms with Crippen LogP contribution < -0.4 is 5.32 Å². The highest BCUT2D eigenvalue weighted by atomic mass is 32.1. The fourth-order valence-corrected chi connectivity index (χ4v) is 4.02. The van der Waals surface area contributed by atoms with E-state index in [1.54, 1.807) is 12.1 Å². The van der Waals surface area contributed by atoms with E-state index in [1.807, 2.05) is 0 Å². The lowest BCUT2D eigenvalue weighted by Crippen LogP contribution is -2.28. The first kappa shape index (κ1) is 17.6. The van der Waals surface area contributed by atoms with Gasteiger partial charge in [-0.25, -0.2) is 0 Å². The molecule has 2 aromatic rings. The smallest absolute Gasteiger partial charge is 0.297 e. The minimum Gasteiger partial charge on any atom is -0.297 e. The molecule has 10 heteroatoms. The van der Waals surface area contributed by atoms with E-state index in [-0.39, 0.29) is 10.9 Å². The largest absolute Gasteiger partial charge is 0.324 e. The topological polar surface area (TPSA) is 101 Å². The summed E-state index contributed by atoms with van der Waals surface area (Å²) in [6.45, 7) is 2.93. The molecule has 0 bridgehead atoms. The quantitative estimate of drug-likeness (QED) is 0.470. The minimum absolute atomic E-state index is 0.0477. The highest BCUT2D eigenvalue weighted by Crippen LogP contribution is 2.25. The van der Waals surface area contributed by atoms with Crippen molar-refractivity contribution >= 4 is 44.8 Å². The second kappa shape index (κ2) is 8.28. The summed E-state index contributed by atoms with van der Waals surface area (Å²) in [6, 6.07) is 3.02. The van der Waals surface area contributed by atoms with E-state index in [2.05, 4.69) is 20.4 Å². The molecule has 2 aromatic heterocycles. The average Bonchev–Trinajstić information content (AvgIpc) is 3.23. The molecule has 8 nitrogen and oxygen atoms in total. The normalized spacial score (nSPS) is 15.5. The van der Waals surface area contributed by atoms with Crippen LogP contribution in [0.1, 0.15) is 29.1 Å². The van der Waals surface area contributed by atoms with Crippen molar-refractivity contribution in [3.05, 3.63) is 38.2 Å². The fourth-order valence-electron chi connectivity index (χ4n) is 2.51. The standard InChI is InChI=1S/C15H17N5O3S2/c21-12(6-4-11-5-7-14(24-11)20(22)23)16-15-18-17-13(25-15)10-19-8-2-1-3-9-19/h4-7H,1-3,8-10H2,(H,16,18,21)/b6-4+. The SMILES string of the molecule is O=C(/C=C/c1ccc([N+](=O)[O-])s1)Nc1nnc(CN2CCCCC2)s1. The van der Waals surface area contributed by atoms with Gasteiger partial charge in [-0.05, 0) is 38.1 Å². The van der Waals surface area contributed by atoms with Crippen LogP contribution in [-0.4, -0.2) is 39.0 Å². The maximum Gasteiger partial charge on any atom is 0.324 e. The number of likely N-dealkylation sites (tertiary alicyclic amines) is 1. The van der Waals surface area contributed by atoms with E-state index in [0.717, 1.165) is 36.0 Å². The van der Waals surface area contributed by atoms with E-state index >= 15 is 0 Å². The van der Waals surface area contributed by atoms with Crippen LogP contribution in [0.5, 0.6) is 0 Å². The van der Waals surface area contributed by atoms with Crippen LogP contribution in [0, 0.1) is 10.1 Å². The van der Waals surface area contributed by atoms with E-state index in [1.165, 1.54) is 42.7 Å². The first-order chi connectivity index (χ1) is 12.1. The van der Waals surface area contributed by atoms with Crippen LogP contribution in [0.3, 0.4) is 0 Å². The van der Waals surface area contributed by atoms with Crippen molar-refractivity contribution in [1.82, 2.24) is 15.1 Å². The van der Waals surface area contributed by atoms with Gasteiger partial charge >= 0.3 is 5.00 Å². The number of anilines is 1. The lowest BCUT2D eigenvalue weighted by Gasteiger charge is -2.24. The Kier molecular flexibility index (Phi) is 5.84. The molecule has 0 atom stereocenters. The Balaban J connectivity index is 1.52. The van der Waals surface area contributed by atoms with Crippen LogP contribution in [-0.2, 0) is 11.3 Å². The van der Waals surface area contributed by atoms with Gasteiger partial charge in [0.2, 0.25) is 11.0 Å². The number of aromatic nitrogens is 2. The summed E-state index contributed by atoms with van der Waals surface area (Å²) in [7, 11) is 0. The number of rotatable bonds is 6. The zero-order chi connectivity index (χ0) is 17.6. The summed E-state index contributed by atoms with van der Waals surface area (Å²) in [4.78, 5) is 25.1. The van der Waals surface area contributed by atoms with Gasteiger partial charge in [0, 0.05) is 17.0 Å². The van der Waals surface area contributed by atoms with Crippen molar-refractivity contribution in [2.24, 2.45) is 0 Å². The third-order valence-electron chi connectivity index (χ3n) is 3.70. The van der Waals surface area contributed by atoms with Crippen LogP contribution in [0.4, 0.5) is 10.1 Å². The number of piperidine rings is 1. The molecule has 25 heavy (non-hydrogen) atoms. The molecule has 0 unspecified atom stereocenters. The molecule has 1 aliphatic rings. The first-order valence-corrected chi connectivity index (χ1v) is 9.51. The van der Waals surface area contributed by atoms with Gasteiger partial charge in [0.15, 0.2) is 0 Å². The van der Waals surface area contributed by atoms with Crippen LogP contribution in [0.15, 0.2) is 18.2 Å². The van der Waals surface area contributed by atoms with Gasteiger partial charge in [0.1, 0.15) is 5.01 Å². The van der Waals surface area contributed by atoms with Crippen LogP contribution in [0.2, 0.25) is 0 Å². The van der Waals surface area contributed by atoms with E-state index in [4.69, 9.17) is 0 Å². The predicted molar refractivity (Wildman–Crippen MR) is 97.7 cm³/mol. The first-order valence-electron chi connectivity index (χ1n) is 7.88. The molecular weight excluding hydrogens is 362 g/mol. The Hall–Kier alpha value is -2.17. The third kappa shape index (κ3) is 5.15. The molecule has 3 heterocycles. The Morgan fingerprint density at radius 2 is 2.08 bits per heavy atom. The molecule has 0 saturated carbocycles. The number of amides is 1. The lowest BCUT2D eigenvalue weighted by molar-refractivity contribution is -0.380. The van der Waals surface area contributed by atoms with Crippen molar-refractivity contribution < 1.29 is 9.72 Å². The Labute approximate surface area is 152 Å². The van der Waals surface area contributed by atoms with Crippen LogP contribution >= 0.6 is 22.7 Å². The van der Waals surface area contributed by atoms with E-state index < -0.39 is 4.92 Å². The van der Waals surface area contributed by atoms with E-state index in [0.29, 0.717) is 10.0 Å². The summed E-state index contributed by atoms with van der Waals surface area (Å²) in [6.07, 6.45) is 6.60. The number of thiophene rings is 1. The van der Waals surface area contributed by atoms with Gasteiger partial charge in [-0.2, -0.15) is 0 Å². The van der Waals surface area contributed by atoms with Gasteiger partial charge in [0.25, 0.3) is 0 Å². The van der Waals surface area contributed by atoms with Crippen molar-refractivity contribution in [2.75, 3.05) is 18.4 Å². The maximum atomic E-state index is 11.9. The van der Waals surface area contributed by atoms with Crippen molar-refractivity contribution in [2.45, 2.75) is 25.8 Å². The Bertz CT molecular complexity index is 780.